The molecule has 2 aliphatic rings. The van der Waals surface area contributed by atoms with Crippen molar-refractivity contribution in [2.45, 2.75) is 57.8 Å². The fourth-order valence-corrected chi connectivity index (χ4v) is 5.16. The molecule has 2 fully saturated rings. The SMILES string of the molecule is CCc1nc2ccc(Cl)cn2c1C(=O)CCc1ccc(N2CCC3(CC2)OC[C@H](C)O3)c(F)c1. The van der Waals surface area contributed by atoms with E-state index in [0.29, 0.717) is 54.6 Å². The molecule has 1 aromatic carbocycles. The number of imidazole rings is 1. The maximum Gasteiger partial charge on any atom is 0.181 e. The number of hydrogen-bond acceptors (Lipinski definition) is 5. The topological polar surface area (TPSA) is 56.1 Å². The average Bonchev–Trinajstić information content (AvgIpc) is 3.38. The summed E-state index contributed by atoms with van der Waals surface area (Å²) in [7, 11) is 0. The van der Waals surface area contributed by atoms with Gasteiger partial charge in [-0.05, 0) is 49.6 Å². The van der Waals surface area contributed by atoms with Gasteiger partial charge in [0, 0.05) is 38.5 Å². The third-order valence-corrected chi connectivity index (χ3v) is 6.99. The Morgan fingerprint density at radius 3 is 2.74 bits per heavy atom. The zero-order valence-electron chi connectivity index (χ0n) is 19.5. The summed E-state index contributed by atoms with van der Waals surface area (Å²) < 4.78 is 28.6. The van der Waals surface area contributed by atoms with Crippen LogP contribution in [-0.2, 0) is 22.3 Å². The van der Waals surface area contributed by atoms with Crippen molar-refractivity contribution in [3.05, 3.63) is 64.3 Å². The number of halogens is 2. The van der Waals surface area contributed by atoms with Gasteiger partial charge in [0.15, 0.2) is 11.6 Å². The van der Waals surface area contributed by atoms with Crippen LogP contribution < -0.4 is 4.90 Å². The summed E-state index contributed by atoms with van der Waals surface area (Å²) in [5, 5.41) is 0.545. The highest BCUT2D eigenvalue weighted by atomic mass is 35.5. The van der Waals surface area contributed by atoms with Crippen LogP contribution in [0, 0.1) is 5.82 Å². The van der Waals surface area contributed by atoms with E-state index in [9.17, 15) is 4.79 Å². The third kappa shape index (κ3) is 4.44. The Labute approximate surface area is 203 Å². The van der Waals surface area contributed by atoms with Crippen LogP contribution in [0.15, 0.2) is 36.5 Å². The fraction of sp³-hybridized carbons (Fsp3) is 0.462. The van der Waals surface area contributed by atoms with E-state index < -0.39 is 5.79 Å². The zero-order valence-corrected chi connectivity index (χ0v) is 20.3. The lowest BCUT2D eigenvalue weighted by atomic mass is 10.0. The Balaban J connectivity index is 1.25. The van der Waals surface area contributed by atoms with Crippen molar-refractivity contribution in [1.29, 1.82) is 0 Å². The molecule has 4 heterocycles. The van der Waals surface area contributed by atoms with E-state index in [1.165, 1.54) is 0 Å². The number of hydrogen-bond donors (Lipinski definition) is 0. The van der Waals surface area contributed by atoms with Crippen LogP contribution in [0.25, 0.3) is 5.65 Å². The summed E-state index contributed by atoms with van der Waals surface area (Å²) in [6.45, 7) is 5.96. The van der Waals surface area contributed by atoms with E-state index in [1.54, 1.807) is 28.8 Å². The summed E-state index contributed by atoms with van der Waals surface area (Å²) >= 11 is 6.14. The number of anilines is 1. The van der Waals surface area contributed by atoms with E-state index in [2.05, 4.69) is 4.98 Å². The number of carbonyl (C=O) groups is 1. The third-order valence-electron chi connectivity index (χ3n) is 6.77. The number of rotatable bonds is 6. The Kier molecular flexibility index (Phi) is 6.35. The number of piperidine rings is 1. The summed E-state index contributed by atoms with van der Waals surface area (Å²) in [5.41, 5.74) is 3.39. The number of ketones is 1. The number of nitrogens with zero attached hydrogens (tertiary/aromatic N) is 3. The van der Waals surface area contributed by atoms with E-state index in [-0.39, 0.29) is 24.1 Å². The molecule has 5 rings (SSSR count). The maximum absolute atomic E-state index is 15.0. The first-order valence-electron chi connectivity index (χ1n) is 11.9. The van der Waals surface area contributed by atoms with E-state index in [4.69, 9.17) is 21.1 Å². The van der Waals surface area contributed by atoms with E-state index >= 15 is 4.39 Å². The number of pyridine rings is 1. The lowest BCUT2D eigenvalue weighted by Crippen LogP contribution is -2.45. The number of Topliss-reactive ketones (excluding diaryl/α,β-unsaturated/α-hetero) is 1. The monoisotopic (exact) mass is 485 g/mol. The Hall–Kier alpha value is -2.48. The van der Waals surface area contributed by atoms with Crippen molar-refractivity contribution >= 4 is 28.7 Å². The predicted octanol–water partition coefficient (Wildman–Crippen LogP) is 5.24. The molecule has 3 aromatic rings. The second kappa shape index (κ2) is 9.29. The lowest BCUT2D eigenvalue weighted by Gasteiger charge is -2.39. The van der Waals surface area contributed by atoms with Crippen molar-refractivity contribution in [2.24, 2.45) is 0 Å². The number of benzene rings is 1. The average molecular weight is 486 g/mol. The first-order valence-corrected chi connectivity index (χ1v) is 12.3. The first kappa shape index (κ1) is 23.3. The quantitative estimate of drug-likeness (QED) is 0.447. The van der Waals surface area contributed by atoms with Crippen molar-refractivity contribution in [1.82, 2.24) is 9.38 Å². The van der Waals surface area contributed by atoms with E-state index in [0.717, 1.165) is 24.1 Å². The van der Waals surface area contributed by atoms with Gasteiger partial charge in [0.1, 0.15) is 17.2 Å². The van der Waals surface area contributed by atoms with Gasteiger partial charge in [-0.25, -0.2) is 9.37 Å². The summed E-state index contributed by atoms with van der Waals surface area (Å²) in [6, 6.07) is 8.84. The van der Waals surface area contributed by atoms with Gasteiger partial charge in [0.05, 0.1) is 29.1 Å². The molecule has 2 aliphatic heterocycles. The minimum absolute atomic E-state index is 0.0248. The number of aryl methyl sites for hydroxylation is 2. The molecule has 34 heavy (non-hydrogen) atoms. The molecule has 0 bridgehead atoms. The molecule has 180 valence electrons. The summed E-state index contributed by atoms with van der Waals surface area (Å²) in [5.74, 6) is -0.798. The van der Waals surface area contributed by atoms with Crippen LogP contribution >= 0.6 is 11.6 Å². The fourth-order valence-electron chi connectivity index (χ4n) is 5.00. The van der Waals surface area contributed by atoms with Crippen molar-refractivity contribution in [3.8, 4) is 0 Å². The standard InChI is InChI=1S/C26H29ClFN3O3/c1-3-21-25(31-15-19(27)6-9-24(31)29-21)23(32)8-5-18-4-7-22(20(28)14-18)30-12-10-26(11-13-30)33-16-17(2)34-26/h4,6-7,9,14-15,17H,3,5,8,10-13,16H2,1-2H3/t17-/m0/s1. The molecule has 2 aromatic heterocycles. The normalized spacial score (nSPS) is 19.9. The molecule has 0 amide bonds. The predicted molar refractivity (Wildman–Crippen MR) is 129 cm³/mol. The highest BCUT2D eigenvalue weighted by Crippen LogP contribution is 2.36. The second-order valence-corrected chi connectivity index (χ2v) is 9.62. The molecular weight excluding hydrogens is 457 g/mol. The van der Waals surface area contributed by atoms with Crippen molar-refractivity contribution in [3.63, 3.8) is 0 Å². The molecule has 6 nitrogen and oxygen atoms in total. The second-order valence-electron chi connectivity index (χ2n) is 9.18. The minimum atomic E-state index is -0.508. The van der Waals surface area contributed by atoms with Crippen molar-refractivity contribution in [2.75, 3.05) is 24.6 Å². The van der Waals surface area contributed by atoms with Gasteiger partial charge in [0.25, 0.3) is 0 Å². The molecule has 8 heteroatoms. The Bertz CT molecular complexity index is 1220. The molecule has 0 aliphatic carbocycles. The maximum atomic E-state index is 15.0. The Morgan fingerprint density at radius 1 is 1.26 bits per heavy atom. The largest absolute Gasteiger partial charge is 0.369 e. The van der Waals surface area contributed by atoms with Crippen molar-refractivity contribution < 1.29 is 18.7 Å². The zero-order chi connectivity index (χ0) is 23.9. The van der Waals surface area contributed by atoms with Crippen LogP contribution in [-0.4, -0.2) is 46.8 Å². The van der Waals surface area contributed by atoms with Gasteiger partial charge in [0.2, 0.25) is 0 Å². The van der Waals surface area contributed by atoms with Gasteiger partial charge in [-0.3, -0.25) is 9.20 Å². The van der Waals surface area contributed by atoms with Crippen LogP contribution in [0.4, 0.5) is 10.1 Å². The molecule has 0 saturated carbocycles. The van der Waals surface area contributed by atoms with Gasteiger partial charge in [-0.1, -0.05) is 24.6 Å². The smallest absolute Gasteiger partial charge is 0.181 e. The van der Waals surface area contributed by atoms with Crippen LogP contribution in [0.2, 0.25) is 5.02 Å². The minimum Gasteiger partial charge on any atom is -0.369 e. The number of aromatic nitrogens is 2. The molecule has 1 spiro atoms. The summed E-state index contributed by atoms with van der Waals surface area (Å²) in [4.78, 5) is 19.7. The lowest BCUT2D eigenvalue weighted by molar-refractivity contribution is -0.178. The molecule has 1 atom stereocenters. The highest BCUT2D eigenvalue weighted by Gasteiger charge is 2.42. The number of carbonyl (C=O) groups excluding carboxylic acids is 1. The molecular formula is C26H29ClFN3O3. The molecule has 0 radical (unpaired) electrons. The van der Waals surface area contributed by atoms with Gasteiger partial charge < -0.3 is 14.4 Å². The van der Waals surface area contributed by atoms with Gasteiger partial charge >= 0.3 is 0 Å². The van der Waals surface area contributed by atoms with Gasteiger partial charge in [-0.2, -0.15) is 0 Å². The molecule has 2 saturated heterocycles. The molecule has 0 unspecified atom stereocenters. The summed E-state index contributed by atoms with van der Waals surface area (Å²) in [6.07, 6.45) is 4.63. The number of ether oxygens (including phenoxy) is 2. The first-order chi connectivity index (χ1) is 16.4. The van der Waals surface area contributed by atoms with Crippen LogP contribution in [0.5, 0.6) is 0 Å². The number of fused-ring (bicyclic) bond motifs is 1. The van der Waals surface area contributed by atoms with Gasteiger partial charge in [-0.15, -0.1) is 0 Å². The molecule has 0 N–H and O–H groups in total. The van der Waals surface area contributed by atoms with E-state index in [1.807, 2.05) is 30.9 Å². The Morgan fingerprint density at radius 2 is 2.06 bits per heavy atom. The van der Waals surface area contributed by atoms with Crippen LogP contribution in [0.1, 0.15) is 54.9 Å². The van der Waals surface area contributed by atoms with Crippen LogP contribution in [0.3, 0.4) is 0 Å². The highest BCUT2D eigenvalue weighted by molar-refractivity contribution is 6.30.